The zero-order valence-electron chi connectivity index (χ0n) is 11.1. The van der Waals surface area contributed by atoms with Crippen molar-refractivity contribution in [1.82, 2.24) is 5.32 Å². The van der Waals surface area contributed by atoms with Gasteiger partial charge in [-0.2, -0.15) is 0 Å². The minimum Gasteiger partial charge on any atom is -0.362 e. The number of nitrogens with zero attached hydrogens (tertiary/aromatic N) is 1. The van der Waals surface area contributed by atoms with Crippen LogP contribution in [0.25, 0.3) is 10.8 Å². The fourth-order valence-corrected chi connectivity index (χ4v) is 3.44. The van der Waals surface area contributed by atoms with Gasteiger partial charge in [0.2, 0.25) is 0 Å². The lowest BCUT2D eigenvalue weighted by Crippen LogP contribution is -2.35. The Kier molecular flexibility index (Phi) is 3.74. The molecular weight excluding hydrogens is 252 g/mol. The number of aliphatic imine (C=N–C) groups is 1. The zero-order chi connectivity index (χ0) is 13.1. The van der Waals surface area contributed by atoms with Crippen LogP contribution in [0.4, 0.5) is 0 Å². The molecule has 1 heterocycles. The van der Waals surface area contributed by atoms with E-state index in [1.54, 1.807) is 0 Å². The van der Waals surface area contributed by atoms with Crippen molar-refractivity contribution >= 4 is 27.7 Å². The molecule has 1 unspecified atom stereocenters. The van der Waals surface area contributed by atoms with Crippen LogP contribution in [0.2, 0.25) is 0 Å². The Balaban J connectivity index is 1.83. The molecule has 1 fully saturated rings. The third-order valence-corrected chi connectivity index (χ3v) is 4.39. The minimum absolute atomic E-state index is 0.549. The third-order valence-electron chi connectivity index (χ3n) is 3.43. The smallest absolute Gasteiger partial charge is 0.157 e. The molecule has 19 heavy (non-hydrogen) atoms. The van der Waals surface area contributed by atoms with Gasteiger partial charge in [0.25, 0.3) is 0 Å². The van der Waals surface area contributed by atoms with Crippen LogP contribution in [-0.2, 0) is 6.54 Å². The van der Waals surface area contributed by atoms with Gasteiger partial charge in [0.1, 0.15) is 0 Å². The molecule has 1 saturated heterocycles. The van der Waals surface area contributed by atoms with Gasteiger partial charge in [0.15, 0.2) is 5.17 Å². The van der Waals surface area contributed by atoms with Crippen LogP contribution in [0.3, 0.4) is 0 Å². The molecule has 0 spiro atoms. The molecule has 0 saturated carbocycles. The van der Waals surface area contributed by atoms with Crippen molar-refractivity contribution < 1.29 is 0 Å². The molecule has 2 aromatic carbocycles. The van der Waals surface area contributed by atoms with Gasteiger partial charge in [-0.25, -0.2) is 0 Å². The largest absolute Gasteiger partial charge is 0.362 e. The number of amidine groups is 1. The summed E-state index contributed by atoms with van der Waals surface area (Å²) < 4.78 is 0. The second-order valence-corrected chi connectivity index (χ2v) is 6.03. The summed E-state index contributed by atoms with van der Waals surface area (Å²) >= 11 is 1.83. The fraction of sp³-hybridized carbons (Fsp3) is 0.312. The summed E-state index contributed by atoms with van der Waals surface area (Å²) in [6, 6.07) is 15.5. The van der Waals surface area contributed by atoms with E-state index in [1.165, 1.54) is 28.5 Å². The lowest BCUT2D eigenvalue weighted by molar-refractivity contribution is 0.642. The number of nitrogens with one attached hydrogen (secondary N) is 1. The van der Waals surface area contributed by atoms with Crippen molar-refractivity contribution in [3.63, 3.8) is 0 Å². The lowest BCUT2D eigenvalue weighted by Gasteiger charge is -2.21. The van der Waals surface area contributed by atoms with E-state index in [1.807, 2.05) is 11.8 Å². The van der Waals surface area contributed by atoms with E-state index in [9.17, 15) is 0 Å². The Morgan fingerprint density at radius 3 is 2.95 bits per heavy atom. The molecule has 0 bridgehead atoms. The van der Waals surface area contributed by atoms with Crippen molar-refractivity contribution in [2.45, 2.75) is 25.9 Å². The van der Waals surface area contributed by atoms with Crippen LogP contribution in [0, 0.1) is 0 Å². The van der Waals surface area contributed by atoms with Crippen LogP contribution >= 0.6 is 11.8 Å². The van der Waals surface area contributed by atoms with Crippen LogP contribution in [-0.4, -0.2) is 17.0 Å². The van der Waals surface area contributed by atoms with Gasteiger partial charge >= 0.3 is 0 Å². The average molecular weight is 270 g/mol. The van der Waals surface area contributed by atoms with Gasteiger partial charge in [-0.1, -0.05) is 54.2 Å². The van der Waals surface area contributed by atoms with Gasteiger partial charge < -0.3 is 5.32 Å². The summed E-state index contributed by atoms with van der Waals surface area (Å²) in [4.78, 5) is 4.72. The van der Waals surface area contributed by atoms with Crippen LogP contribution in [0.15, 0.2) is 47.5 Å². The van der Waals surface area contributed by atoms with Crippen LogP contribution in [0.5, 0.6) is 0 Å². The fourth-order valence-electron chi connectivity index (χ4n) is 2.34. The number of rotatable bonds is 2. The van der Waals surface area contributed by atoms with E-state index in [-0.39, 0.29) is 0 Å². The average Bonchev–Trinajstić information content (AvgIpc) is 2.45. The first kappa shape index (κ1) is 12.5. The Bertz CT molecular complexity index is 601. The second-order valence-electron chi connectivity index (χ2n) is 4.94. The van der Waals surface area contributed by atoms with Crippen LogP contribution in [0.1, 0.15) is 18.9 Å². The Labute approximate surface area is 118 Å². The molecule has 3 heteroatoms. The summed E-state index contributed by atoms with van der Waals surface area (Å²) in [7, 11) is 0. The maximum Gasteiger partial charge on any atom is 0.157 e. The monoisotopic (exact) mass is 270 g/mol. The van der Waals surface area contributed by atoms with Crippen molar-refractivity contribution in [1.29, 1.82) is 0 Å². The summed E-state index contributed by atoms with van der Waals surface area (Å²) in [5, 5.41) is 7.14. The molecule has 0 radical (unpaired) electrons. The van der Waals surface area contributed by atoms with Crippen molar-refractivity contribution in [2.75, 3.05) is 5.75 Å². The normalized spacial score (nSPS) is 21.5. The second kappa shape index (κ2) is 5.66. The summed E-state index contributed by atoms with van der Waals surface area (Å²) in [6.45, 7) is 2.97. The van der Waals surface area contributed by atoms with Crippen molar-refractivity contribution in [2.24, 2.45) is 4.99 Å². The molecule has 2 aromatic rings. The summed E-state index contributed by atoms with van der Waals surface area (Å²) in [5.74, 6) is 1.17. The van der Waals surface area contributed by atoms with E-state index in [4.69, 9.17) is 4.99 Å². The Morgan fingerprint density at radius 1 is 1.21 bits per heavy atom. The molecule has 0 aliphatic carbocycles. The highest BCUT2D eigenvalue weighted by Crippen LogP contribution is 2.20. The highest BCUT2D eigenvalue weighted by molar-refractivity contribution is 8.13. The zero-order valence-corrected chi connectivity index (χ0v) is 11.9. The third kappa shape index (κ3) is 2.92. The maximum atomic E-state index is 4.72. The van der Waals surface area contributed by atoms with Crippen molar-refractivity contribution in [3.8, 4) is 0 Å². The van der Waals surface area contributed by atoms with Gasteiger partial charge in [-0.05, 0) is 29.7 Å². The molecule has 3 rings (SSSR count). The van der Waals surface area contributed by atoms with E-state index in [0.29, 0.717) is 6.04 Å². The molecule has 1 aliphatic heterocycles. The molecule has 0 aromatic heterocycles. The summed E-state index contributed by atoms with van der Waals surface area (Å²) in [5.41, 5.74) is 1.30. The molecule has 1 atom stereocenters. The van der Waals surface area contributed by atoms with Gasteiger partial charge in [-0.3, -0.25) is 4.99 Å². The Morgan fingerprint density at radius 2 is 2.05 bits per heavy atom. The number of hydrogen-bond acceptors (Lipinski definition) is 2. The maximum absolute atomic E-state index is 4.72. The molecule has 1 aliphatic rings. The highest BCUT2D eigenvalue weighted by atomic mass is 32.2. The van der Waals surface area contributed by atoms with Gasteiger partial charge in [-0.15, -0.1) is 0 Å². The molecule has 1 N–H and O–H groups in total. The van der Waals surface area contributed by atoms with Crippen LogP contribution < -0.4 is 5.32 Å². The van der Waals surface area contributed by atoms with E-state index < -0.39 is 0 Å². The van der Waals surface area contributed by atoms with E-state index in [2.05, 4.69) is 54.7 Å². The molecule has 98 valence electrons. The predicted octanol–water partition coefficient (Wildman–Crippen LogP) is 3.81. The van der Waals surface area contributed by atoms with Gasteiger partial charge in [0.05, 0.1) is 6.54 Å². The number of benzene rings is 2. The van der Waals surface area contributed by atoms with Crippen molar-refractivity contribution in [3.05, 3.63) is 48.0 Å². The standard InChI is InChI=1S/C16H18N2S/c1-12-9-10-19-16(18-12)17-11-14-7-4-6-13-5-2-3-8-15(13)14/h2-8,12H,9-11H2,1H3,(H,17,18). The lowest BCUT2D eigenvalue weighted by atomic mass is 10.1. The molecular formula is C16H18N2S. The first-order chi connectivity index (χ1) is 9.33. The number of hydrogen-bond donors (Lipinski definition) is 1. The molecule has 2 nitrogen and oxygen atoms in total. The first-order valence-electron chi connectivity index (χ1n) is 6.73. The quantitative estimate of drug-likeness (QED) is 0.897. The van der Waals surface area contributed by atoms with Gasteiger partial charge in [0, 0.05) is 11.8 Å². The van der Waals surface area contributed by atoms with E-state index >= 15 is 0 Å². The highest BCUT2D eigenvalue weighted by Gasteiger charge is 2.12. The number of thioether (sulfide) groups is 1. The van der Waals surface area contributed by atoms with E-state index in [0.717, 1.165) is 11.7 Å². The summed E-state index contributed by atoms with van der Waals surface area (Å²) in [6.07, 6.45) is 1.22. The molecule has 0 amide bonds. The SMILES string of the molecule is CC1CCSC(=NCc2cccc3ccccc23)N1. The minimum atomic E-state index is 0.549. The Hall–Kier alpha value is -1.48. The predicted molar refractivity (Wildman–Crippen MR) is 84.8 cm³/mol. The first-order valence-corrected chi connectivity index (χ1v) is 7.72. The number of fused-ring (bicyclic) bond motifs is 1. The topological polar surface area (TPSA) is 24.4 Å².